The molecule has 0 saturated carbocycles. The van der Waals surface area contributed by atoms with Gasteiger partial charge in [0.2, 0.25) is 6.29 Å². The topological polar surface area (TPSA) is 66.8 Å². The molecule has 9 heavy (non-hydrogen) atoms. The summed E-state index contributed by atoms with van der Waals surface area (Å²) in [7, 11) is 0. The minimum absolute atomic E-state index is 0.193. The van der Waals surface area contributed by atoms with Crippen molar-refractivity contribution >= 4 is 6.16 Å². The maximum absolute atomic E-state index is 9.73. The molecule has 0 bridgehead atoms. The summed E-state index contributed by atoms with van der Waals surface area (Å²) < 4.78 is 3.98. The highest BCUT2D eigenvalue weighted by molar-refractivity contribution is 5.56. The largest absolute Gasteiger partial charge is 0.508 e. The Bertz CT molecular complexity index is 99.1. The molecule has 54 valence electrons. The molecule has 0 aromatic rings. The van der Waals surface area contributed by atoms with Gasteiger partial charge in [0.15, 0.2) is 0 Å². The Labute approximate surface area is 53.1 Å². The van der Waals surface area contributed by atoms with Gasteiger partial charge in [-0.2, -0.15) is 0 Å². The molecule has 2 N–H and O–H groups in total. The minimum atomic E-state index is -1.45. The lowest BCUT2D eigenvalue weighted by molar-refractivity contribution is -0.0967. The van der Waals surface area contributed by atoms with Crippen molar-refractivity contribution in [2.45, 2.75) is 20.1 Å². The van der Waals surface area contributed by atoms with Crippen molar-refractivity contribution in [3.8, 4) is 0 Å². The highest BCUT2D eigenvalue weighted by Crippen LogP contribution is 2.01. The normalized spacial score (nSPS) is 13.3. The highest BCUT2D eigenvalue weighted by Gasteiger charge is 2.12. The van der Waals surface area contributed by atoms with Crippen LogP contribution in [0.15, 0.2) is 0 Å². The summed E-state index contributed by atoms with van der Waals surface area (Å²) in [4.78, 5) is 9.73. The molecule has 0 saturated heterocycles. The number of carbonyl (C=O) groups is 1. The van der Waals surface area contributed by atoms with Crippen molar-refractivity contribution in [2.24, 2.45) is 5.92 Å². The molecular weight excluding hydrogens is 124 g/mol. The van der Waals surface area contributed by atoms with Crippen LogP contribution < -0.4 is 0 Å². The molecule has 1 unspecified atom stereocenters. The van der Waals surface area contributed by atoms with E-state index in [2.05, 4.69) is 4.74 Å². The van der Waals surface area contributed by atoms with Crippen LogP contribution in [0.2, 0.25) is 0 Å². The predicted molar refractivity (Wildman–Crippen MR) is 30.0 cm³/mol. The summed E-state index contributed by atoms with van der Waals surface area (Å²) in [5.74, 6) is -0.193. The number of rotatable bonds is 2. The van der Waals surface area contributed by atoms with E-state index >= 15 is 0 Å². The monoisotopic (exact) mass is 134 g/mol. The third-order valence-corrected chi connectivity index (χ3v) is 0.792. The predicted octanol–water partition coefficient (Wildman–Crippen LogP) is 0.655. The number of hydrogen-bond acceptors (Lipinski definition) is 3. The Kier molecular flexibility index (Phi) is 3.01. The molecule has 0 radical (unpaired) electrons. The lowest BCUT2D eigenvalue weighted by atomic mass is 10.2. The van der Waals surface area contributed by atoms with Gasteiger partial charge in [0.1, 0.15) is 0 Å². The van der Waals surface area contributed by atoms with E-state index < -0.39 is 12.4 Å². The summed E-state index contributed by atoms with van der Waals surface area (Å²) in [6, 6.07) is 0. The van der Waals surface area contributed by atoms with E-state index in [9.17, 15) is 4.79 Å². The minimum Gasteiger partial charge on any atom is -0.450 e. The zero-order chi connectivity index (χ0) is 7.44. The van der Waals surface area contributed by atoms with Gasteiger partial charge >= 0.3 is 6.16 Å². The van der Waals surface area contributed by atoms with Crippen LogP contribution in [0.4, 0.5) is 4.79 Å². The van der Waals surface area contributed by atoms with Crippen LogP contribution in [0.5, 0.6) is 0 Å². The van der Waals surface area contributed by atoms with Gasteiger partial charge < -0.3 is 14.9 Å². The van der Waals surface area contributed by atoms with E-state index in [4.69, 9.17) is 10.2 Å². The average molecular weight is 134 g/mol. The molecule has 0 aliphatic rings. The number of aliphatic hydroxyl groups is 1. The molecule has 0 aromatic carbocycles. The van der Waals surface area contributed by atoms with E-state index in [1.165, 1.54) is 0 Å². The second-order valence-electron chi connectivity index (χ2n) is 2.02. The van der Waals surface area contributed by atoms with Crippen molar-refractivity contribution in [2.75, 3.05) is 0 Å². The third-order valence-electron chi connectivity index (χ3n) is 0.792. The smallest absolute Gasteiger partial charge is 0.450 e. The van der Waals surface area contributed by atoms with Crippen molar-refractivity contribution in [3.63, 3.8) is 0 Å². The zero-order valence-electron chi connectivity index (χ0n) is 5.37. The van der Waals surface area contributed by atoms with E-state index in [0.29, 0.717) is 0 Å². The average Bonchev–Trinajstić information content (AvgIpc) is 1.63. The van der Waals surface area contributed by atoms with Crippen LogP contribution in [0.3, 0.4) is 0 Å². The second-order valence-corrected chi connectivity index (χ2v) is 2.02. The van der Waals surface area contributed by atoms with Gasteiger partial charge in [-0.15, -0.1) is 0 Å². The van der Waals surface area contributed by atoms with Crippen molar-refractivity contribution in [1.82, 2.24) is 0 Å². The molecule has 0 rings (SSSR count). The summed E-state index contributed by atoms with van der Waals surface area (Å²) in [6.07, 6.45) is -2.65. The molecule has 1 atom stereocenters. The lowest BCUT2D eigenvalue weighted by Gasteiger charge is -2.11. The molecule has 0 amide bonds. The van der Waals surface area contributed by atoms with E-state index in [1.807, 2.05) is 0 Å². The van der Waals surface area contributed by atoms with Crippen LogP contribution in [-0.4, -0.2) is 22.7 Å². The van der Waals surface area contributed by atoms with Gasteiger partial charge in [0, 0.05) is 5.92 Å². The van der Waals surface area contributed by atoms with Crippen LogP contribution >= 0.6 is 0 Å². The molecule has 0 spiro atoms. The van der Waals surface area contributed by atoms with Crippen LogP contribution in [0, 0.1) is 5.92 Å². The molecule has 0 aliphatic carbocycles. The quantitative estimate of drug-likeness (QED) is 0.430. The molecule has 0 heterocycles. The fraction of sp³-hybridized carbons (Fsp3) is 0.800. The molecule has 0 aromatic heterocycles. The van der Waals surface area contributed by atoms with E-state index in [-0.39, 0.29) is 5.92 Å². The first-order chi connectivity index (χ1) is 4.04. The Morgan fingerprint density at radius 2 is 2.00 bits per heavy atom. The first kappa shape index (κ1) is 8.23. The van der Waals surface area contributed by atoms with Crippen molar-refractivity contribution in [1.29, 1.82) is 0 Å². The van der Waals surface area contributed by atoms with Crippen LogP contribution in [0.1, 0.15) is 13.8 Å². The molecule has 4 nitrogen and oxygen atoms in total. The fourth-order valence-corrected chi connectivity index (χ4v) is 0.239. The van der Waals surface area contributed by atoms with Gasteiger partial charge in [-0.25, -0.2) is 4.79 Å². The first-order valence-corrected chi connectivity index (χ1v) is 2.61. The third kappa shape index (κ3) is 3.78. The van der Waals surface area contributed by atoms with Gasteiger partial charge in [-0.05, 0) is 0 Å². The maximum Gasteiger partial charge on any atom is 0.508 e. The summed E-state index contributed by atoms with van der Waals surface area (Å²) in [6.45, 7) is 3.32. The van der Waals surface area contributed by atoms with Crippen molar-refractivity contribution < 1.29 is 19.7 Å². The highest BCUT2D eigenvalue weighted by atomic mass is 16.7. The van der Waals surface area contributed by atoms with Crippen LogP contribution in [0.25, 0.3) is 0 Å². The first-order valence-electron chi connectivity index (χ1n) is 2.61. The number of hydrogen-bond donors (Lipinski definition) is 2. The number of carboxylic acid groups (broad SMARTS) is 1. The second kappa shape index (κ2) is 3.29. The standard InChI is InChI=1S/C5H10O4/c1-3(2)4(6)9-5(7)8/h3-4,6H,1-2H3,(H,7,8). The summed E-state index contributed by atoms with van der Waals surface area (Å²) in [5, 5.41) is 16.6. The molecule has 0 aliphatic heterocycles. The SMILES string of the molecule is CC(C)C(O)OC(=O)O. The van der Waals surface area contributed by atoms with Gasteiger partial charge in [-0.1, -0.05) is 13.8 Å². The number of ether oxygens (including phenoxy) is 1. The Morgan fingerprint density at radius 1 is 1.56 bits per heavy atom. The Hall–Kier alpha value is -0.770. The van der Waals surface area contributed by atoms with E-state index in [1.54, 1.807) is 13.8 Å². The number of aliphatic hydroxyl groups excluding tert-OH is 1. The summed E-state index contributed by atoms with van der Waals surface area (Å²) >= 11 is 0. The molecular formula is C5H10O4. The Balaban J connectivity index is 3.50. The van der Waals surface area contributed by atoms with Gasteiger partial charge in [-0.3, -0.25) is 0 Å². The fourth-order valence-electron chi connectivity index (χ4n) is 0.239. The summed E-state index contributed by atoms with van der Waals surface area (Å²) in [5.41, 5.74) is 0. The Morgan fingerprint density at radius 3 is 2.11 bits per heavy atom. The van der Waals surface area contributed by atoms with Crippen molar-refractivity contribution in [3.05, 3.63) is 0 Å². The van der Waals surface area contributed by atoms with Crippen LogP contribution in [-0.2, 0) is 4.74 Å². The molecule has 4 heteroatoms. The van der Waals surface area contributed by atoms with E-state index in [0.717, 1.165) is 0 Å². The maximum atomic E-state index is 9.73. The molecule has 0 fully saturated rings. The van der Waals surface area contributed by atoms with Gasteiger partial charge in [0.25, 0.3) is 0 Å². The zero-order valence-corrected chi connectivity index (χ0v) is 5.37. The lowest BCUT2D eigenvalue weighted by Crippen LogP contribution is -2.21. The van der Waals surface area contributed by atoms with Gasteiger partial charge in [0.05, 0.1) is 0 Å².